The molecule has 0 saturated carbocycles. The molecule has 0 saturated heterocycles. The molecule has 1 rings (SSSR count). The SMILES string of the molecule is CCC(C)NC(=O)c1c[nH]c([O])n1. The Hall–Kier alpha value is -1.52. The van der Waals surface area contributed by atoms with Crippen LogP contribution in [0.2, 0.25) is 0 Å². The number of aromatic nitrogens is 2. The first-order valence-electron chi connectivity index (χ1n) is 4.16. The van der Waals surface area contributed by atoms with Crippen molar-refractivity contribution < 1.29 is 9.90 Å². The maximum Gasteiger partial charge on any atom is 0.345 e. The molecule has 5 nitrogen and oxygen atoms in total. The van der Waals surface area contributed by atoms with Crippen LogP contribution in [-0.4, -0.2) is 21.9 Å². The largest absolute Gasteiger partial charge is 0.348 e. The van der Waals surface area contributed by atoms with Crippen molar-refractivity contribution in [3.8, 4) is 6.01 Å². The first-order valence-corrected chi connectivity index (χ1v) is 4.16. The number of aromatic amines is 1. The molecule has 0 bridgehead atoms. The van der Waals surface area contributed by atoms with Crippen molar-refractivity contribution in [2.24, 2.45) is 0 Å². The van der Waals surface area contributed by atoms with Crippen molar-refractivity contribution in [2.45, 2.75) is 26.3 Å². The number of hydrogen-bond donors (Lipinski definition) is 2. The molecular weight excluding hydrogens is 170 g/mol. The summed E-state index contributed by atoms with van der Waals surface area (Å²) in [6.45, 7) is 3.86. The number of H-pyrrole nitrogens is 1. The zero-order valence-corrected chi connectivity index (χ0v) is 7.63. The number of hydrogen-bond acceptors (Lipinski definition) is 2. The van der Waals surface area contributed by atoms with E-state index in [1.807, 2.05) is 13.8 Å². The molecule has 1 unspecified atom stereocenters. The topological polar surface area (TPSA) is 77.7 Å². The second kappa shape index (κ2) is 3.93. The minimum absolute atomic E-state index is 0.0966. The quantitative estimate of drug-likeness (QED) is 0.733. The fraction of sp³-hybridized carbons (Fsp3) is 0.500. The molecule has 0 aromatic carbocycles. The summed E-state index contributed by atoms with van der Waals surface area (Å²) in [6, 6.07) is -0.395. The number of amides is 1. The minimum Gasteiger partial charge on any atom is -0.348 e. The standard InChI is InChI=1S/C8H12N3O2/c1-3-5(2)10-7(12)6-4-9-8(13)11-6/h4-5H,3H2,1-2H3,(H,9,11)(H,10,12). The summed E-state index contributed by atoms with van der Waals surface area (Å²) < 4.78 is 0. The van der Waals surface area contributed by atoms with Crippen molar-refractivity contribution in [3.05, 3.63) is 11.9 Å². The van der Waals surface area contributed by atoms with Crippen molar-refractivity contribution in [1.82, 2.24) is 15.3 Å². The van der Waals surface area contributed by atoms with Gasteiger partial charge >= 0.3 is 6.01 Å². The molecular formula is C8H12N3O2. The predicted octanol–water partition coefficient (Wildman–Crippen LogP) is 1.08. The Labute approximate surface area is 76.2 Å². The molecule has 1 radical (unpaired) electrons. The van der Waals surface area contributed by atoms with Crippen molar-refractivity contribution in [1.29, 1.82) is 0 Å². The van der Waals surface area contributed by atoms with E-state index in [4.69, 9.17) is 0 Å². The predicted molar refractivity (Wildman–Crippen MR) is 45.9 cm³/mol. The van der Waals surface area contributed by atoms with Gasteiger partial charge in [0.25, 0.3) is 5.91 Å². The number of carbonyl (C=O) groups is 1. The average molecular weight is 182 g/mol. The van der Waals surface area contributed by atoms with Crippen molar-refractivity contribution in [2.75, 3.05) is 0 Å². The zero-order valence-electron chi connectivity index (χ0n) is 7.63. The van der Waals surface area contributed by atoms with E-state index in [2.05, 4.69) is 15.3 Å². The van der Waals surface area contributed by atoms with Crippen molar-refractivity contribution >= 4 is 5.91 Å². The number of rotatable bonds is 3. The Morgan fingerprint density at radius 3 is 2.92 bits per heavy atom. The summed E-state index contributed by atoms with van der Waals surface area (Å²) in [7, 11) is 0. The number of carbonyl (C=O) groups excluding carboxylic acids is 1. The first kappa shape index (κ1) is 9.57. The number of nitrogens with zero attached hydrogens (tertiary/aromatic N) is 1. The monoisotopic (exact) mass is 182 g/mol. The van der Waals surface area contributed by atoms with E-state index in [-0.39, 0.29) is 17.6 Å². The van der Waals surface area contributed by atoms with Gasteiger partial charge in [0, 0.05) is 12.2 Å². The van der Waals surface area contributed by atoms with Crippen LogP contribution in [0.4, 0.5) is 0 Å². The summed E-state index contributed by atoms with van der Waals surface area (Å²) in [6.07, 6.45) is 2.15. The molecule has 1 aromatic rings. The summed E-state index contributed by atoms with van der Waals surface area (Å²) in [4.78, 5) is 17.1. The summed E-state index contributed by atoms with van der Waals surface area (Å²) in [5, 5.41) is 13.3. The van der Waals surface area contributed by atoms with Crippen LogP contribution in [0, 0.1) is 0 Å². The van der Waals surface area contributed by atoms with Gasteiger partial charge in [0.05, 0.1) is 0 Å². The molecule has 1 atom stereocenters. The molecule has 1 amide bonds. The van der Waals surface area contributed by atoms with E-state index < -0.39 is 6.01 Å². The number of nitrogens with one attached hydrogen (secondary N) is 2. The highest BCUT2D eigenvalue weighted by atomic mass is 16.3. The summed E-state index contributed by atoms with van der Waals surface area (Å²) in [5.41, 5.74) is 0.144. The molecule has 71 valence electrons. The maximum atomic E-state index is 11.3. The Morgan fingerprint density at radius 1 is 1.77 bits per heavy atom. The van der Waals surface area contributed by atoms with Gasteiger partial charge in [-0.25, -0.2) is 5.11 Å². The van der Waals surface area contributed by atoms with E-state index in [0.717, 1.165) is 6.42 Å². The van der Waals surface area contributed by atoms with Gasteiger partial charge in [0.15, 0.2) is 0 Å². The highest BCUT2D eigenvalue weighted by Crippen LogP contribution is 2.03. The van der Waals surface area contributed by atoms with Gasteiger partial charge in [-0.15, -0.1) is 0 Å². The van der Waals surface area contributed by atoms with E-state index in [0.29, 0.717) is 0 Å². The van der Waals surface area contributed by atoms with Gasteiger partial charge in [-0.2, -0.15) is 4.98 Å². The van der Waals surface area contributed by atoms with E-state index in [1.54, 1.807) is 0 Å². The highest BCUT2D eigenvalue weighted by molar-refractivity contribution is 5.92. The summed E-state index contributed by atoms with van der Waals surface area (Å²) in [5.74, 6) is -0.312. The minimum atomic E-state index is -0.491. The van der Waals surface area contributed by atoms with Crippen LogP contribution in [-0.2, 0) is 5.11 Å². The van der Waals surface area contributed by atoms with Gasteiger partial charge in [-0.3, -0.25) is 4.79 Å². The normalized spacial score (nSPS) is 12.5. The third kappa shape index (κ3) is 2.47. The molecule has 5 heteroatoms. The van der Waals surface area contributed by atoms with E-state index in [1.165, 1.54) is 6.20 Å². The van der Waals surface area contributed by atoms with Crippen molar-refractivity contribution in [3.63, 3.8) is 0 Å². The van der Waals surface area contributed by atoms with Crippen LogP contribution in [0.1, 0.15) is 30.8 Å². The van der Waals surface area contributed by atoms with Crippen LogP contribution >= 0.6 is 0 Å². The Balaban J connectivity index is 2.58. The fourth-order valence-corrected chi connectivity index (χ4v) is 0.820. The molecule has 0 fully saturated rings. The third-order valence-electron chi connectivity index (χ3n) is 1.78. The molecule has 1 aromatic heterocycles. The van der Waals surface area contributed by atoms with Gasteiger partial charge in [0.2, 0.25) is 0 Å². The van der Waals surface area contributed by atoms with Gasteiger partial charge in [-0.1, -0.05) is 6.92 Å². The molecule has 2 N–H and O–H groups in total. The first-order chi connectivity index (χ1) is 6.13. The zero-order chi connectivity index (χ0) is 9.84. The lowest BCUT2D eigenvalue weighted by Gasteiger charge is -2.08. The van der Waals surface area contributed by atoms with Crippen LogP contribution in [0.3, 0.4) is 0 Å². The van der Waals surface area contributed by atoms with Crippen LogP contribution < -0.4 is 5.32 Å². The molecule has 0 aliphatic rings. The lowest BCUT2D eigenvalue weighted by atomic mass is 10.2. The summed E-state index contributed by atoms with van der Waals surface area (Å²) >= 11 is 0. The van der Waals surface area contributed by atoms with Gasteiger partial charge in [-0.05, 0) is 13.3 Å². The Kier molecular flexibility index (Phi) is 2.89. The Morgan fingerprint density at radius 2 is 2.46 bits per heavy atom. The average Bonchev–Trinajstić information content (AvgIpc) is 2.51. The third-order valence-corrected chi connectivity index (χ3v) is 1.78. The lowest BCUT2D eigenvalue weighted by Crippen LogP contribution is -2.32. The second-order valence-corrected chi connectivity index (χ2v) is 2.87. The van der Waals surface area contributed by atoms with Crippen LogP contribution in [0.25, 0.3) is 0 Å². The van der Waals surface area contributed by atoms with Gasteiger partial charge < -0.3 is 10.3 Å². The number of imidazole rings is 1. The lowest BCUT2D eigenvalue weighted by molar-refractivity contribution is 0.0934. The fourth-order valence-electron chi connectivity index (χ4n) is 0.820. The smallest absolute Gasteiger partial charge is 0.345 e. The van der Waals surface area contributed by atoms with Crippen LogP contribution in [0.5, 0.6) is 6.01 Å². The van der Waals surface area contributed by atoms with E-state index in [9.17, 15) is 9.90 Å². The Bertz CT molecular complexity index is 295. The molecule has 0 aliphatic heterocycles. The highest BCUT2D eigenvalue weighted by Gasteiger charge is 2.11. The van der Waals surface area contributed by atoms with E-state index >= 15 is 0 Å². The van der Waals surface area contributed by atoms with Gasteiger partial charge in [0.1, 0.15) is 5.69 Å². The molecule has 1 heterocycles. The maximum absolute atomic E-state index is 11.3. The molecule has 0 aliphatic carbocycles. The molecule has 13 heavy (non-hydrogen) atoms. The second-order valence-electron chi connectivity index (χ2n) is 2.87. The van der Waals surface area contributed by atoms with Crippen LogP contribution in [0.15, 0.2) is 6.20 Å². The molecule has 0 spiro atoms.